The van der Waals surface area contributed by atoms with Crippen LogP contribution in [0.15, 0.2) is 73.1 Å². The average Bonchev–Trinajstić information content (AvgIpc) is 3.39. The molecule has 0 atom stereocenters. The number of hydrogen-bond donors (Lipinski definition) is 2. The molecule has 5 rings (SSSR count). The summed E-state index contributed by atoms with van der Waals surface area (Å²) < 4.78 is 7.56. The molecule has 0 bridgehead atoms. The van der Waals surface area contributed by atoms with Crippen molar-refractivity contribution in [2.24, 2.45) is 0 Å². The zero-order chi connectivity index (χ0) is 23.2. The molecular weight excluding hydrogens is 412 g/mol. The summed E-state index contributed by atoms with van der Waals surface area (Å²) in [4.78, 5) is 4.10. The van der Waals surface area contributed by atoms with Crippen LogP contribution in [0, 0.1) is 0 Å². The molecule has 5 aromatic rings. The van der Waals surface area contributed by atoms with Crippen molar-refractivity contribution in [3.63, 3.8) is 0 Å². The van der Waals surface area contributed by atoms with Gasteiger partial charge in [-0.25, -0.2) is 0 Å². The highest BCUT2D eigenvalue weighted by Crippen LogP contribution is 2.46. The van der Waals surface area contributed by atoms with Crippen LogP contribution in [-0.2, 0) is 5.41 Å². The van der Waals surface area contributed by atoms with E-state index >= 15 is 0 Å². The Morgan fingerprint density at radius 2 is 1.58 bits per heavy atom. The number of ether oxygens (including phenoxy) is 1. The summed E-state index contributed by atoms with van der Waals surface area (Å²) in [6.07, 6.45) is 3.56. The Hall–Kier alpha value is -4.06. The Balaban J connectivity index is 1.79. The number of pyridine rings is 1. The molecule has 0 spiro atoms. The van der Waals surface area contributed by atoms with Crippen molar-refractivity contribution in [1.82, 2.24) is 19.7 Å². The van der Waals surface area contributed by atoms with Crippen LogP contribution in [0.4, 0.5) is 0 Å². The summed E-state index contributed by atoms with van der Waals surface area (Å²) in [7, 11) is 1.66. The lowest BCUT2D eigenvalue weighted by Gasteiger charge is -2.18. The van der Waals surface area contributed by atoms with Crippen molar-refractivity contribution < 1.29 is 9.84 Å². The van der Waals surface area contributed by atoms with E-state index in [1.807, 2.05) is 65.2 Å². The minimum Gasteiger partial charge on any atom is -0.496 e. The van der Waals surface area contributed by atoms with Crippen LogP contribution in [0.2, 0.25) is 0 Å². The Kier molecular flexibility index (Phi) is 4.93. The highest BCUT2D eigenvalue weighted by Gasteiger charge is 2.30. The third kappa shape index (κ3) is 3.44. The van der Waals surface area contributed by atoms with Crippen LogP contribution in [-0.4, -0.2) is 32.0 Å². The summed E-state index contributed by atoms with van der Waals surface area (Å²) in [6, 6.07) is 19.9. The van der Waals surface area contributed by atoms with Crippen LogP contribution >= 0.6 is 0 Å². The molecule has 0 fully saturated rings. The van der Waals surface area contributed by atoms with Gasteiger partial charge in [-0.05, 0) is 47.5 Å². The standard InChI is InChI=1S/C27H26N4O2/c1-27(2,3)25-22-23(29-30-25)26(32)31(24(22)20-7-5-6-8-21(20)33-4)19-11-9-17(10-12-19)18-13-15-28-16-14-18/h5-16,29,32H,1-4H3. The molecule has 0 amide bonds. The first-order valence-corrected chi connectivity index (χ1v) is 10.9. The smallest absolute Gasteiger partial charge is 0.222 e. The topological polar surface area (TPSA) is 76.0 Å². The SMILES string of the molecule is COc1ccccc1-c1c2c(C(C)(C)C)n[nH]c2c(O)n1-c1ccc(-c2ccncc2)cc1. The quantitative estimate of drug-likeness (QED) is 0.356. The second kappa shape index (κ2) is 7.81. The van der Waals surface area contributed by atoms with Gasteiger partial charge in [0.1, 0.15) is 11.3 Å². The van der Waals surface area contributed by atoms with E-state index in [1.54, 1.807) is 19.5 Å². The molecule has 0 unspecified atom stereocenters. The number of nitrogens with zero attached hydrogens (tertiary/aromatic N) is 3. The maximum absolute atomic E-state index is 11.4. The van der Waals surface area contributed by atoms with Gasteiger partial charge in [0.05, 0.1) is 23.9 Å². The zero-order valence-electron chi connectivity index (χ0n) is 19.1. The lowest BCUT2D eigenvalue weighted by molar-refractivity contribution is 0.416. The van der Waals surface area contributed by atoms with Crippen LogP contribution in [0.25, 0.3) is 39.0 Å². The molecule has 0 aliphatic rings. The normalized spacial score (nSPS) is 11.8. The van der Waals surface area contributed by atoms with Crippen LogP contribution in [0.5, 0.6) is 11.6 Å². The van der Waals surface area contributed by atoms with Crippen molar-refractivity contribution in [2.75, 3.05) is 7.11 Å². The first kappa shape index (κ1) is 20.8. The number of benzene rings is 2. The molecule has 33 heavy (non-hydrogen) atoms. The molecular formula is C27H26N4O2. The van der Waals surface area contributed by atoms with Gasteiger partial charge in [0, 0.05) is 29.1 Å². The summed E-state index contributed by atoms with van der Waals surface area (Å²) in [5.74, 6) is 0.846. The predicted molar refractivity (Wildman–Crippen MR) is 131 cm³/mol. The maximum Gasteiger partial charge on any atom is 0.222 e. The monoisotopic (exact) mass is 438 g/mol. The zero-order valence-corrected chi connectivity index (χ0v) is 19.1. The van der Waals surface area contributed by atoms with Crippen LogP contribution in [0.1, 0.15) is 26.5 Å². The largest absolute Gasteiger partial charge is 0.496 e. The van der Waals surface area contributed by atoms with Gasteiger partial charge in [-0.2, -0.15) is 5.10 Å². The van der Waals surface area contributed by atoms with Gasteiger partial charge in [0.15, 0.2) is 0 Å². The number of methoxy groups -OCH3 is 1. The summed E-state index contributed by atoms with van der Waals surface area (Å²) in [5, 5.41) is 19.9. The van der Waals surface area contributed by atoms with Gasteiger partial charge >= 0.3 is 0 Å². The van der Waals surface area contributed by atoms with Crippen molar-refractivity contribution in [3.8, 4) is 39.7 Å². The molecule has 6 nitrogen and oxygen atoms in total. The van der Waals surface area contributed by atoms with E-state index in [0.29, 0.717) is 5.52 Å². The van der Waals surface area contributed by atoms with E-state index in [9.17, 15) is 5.11 Å². The van der Waals surface area contributed by atoms with E-state index in [-0.39, 0.29) is 11.3 Å². The molecule has 6 heteroatoms. The number of H-pyrrole nitrogens is 1. The number of aromatic nitrogens is 4. The fourth-order valence-electron chi connectivity index (χ4n) is 4.30. The fourth-order valence-corrected chi connectivity index (χ4v) is 4.30. The summed E-state index contributed by atoms with van der Waals surface area (Å²) in [6.45, 7) is 6.35. The van der Waals surface area contributed by atoms with E-state index in [4.69, 9.17) is 4.74 Å². The number of rotatable bonds is 4. The van der Waals surface area contributed by atoms with E-state index in [0.717, 1.165) is 44.9 Å². The molecule has 3 heterocycles. The van der Waals surface area contributed by atoms with E-state index in [1.165, 1.54) is 0 Å². The van der Waals surface area contributed by atoms with Gasteiger partial charge in [-0.15, -0.1) is 0 Å². The highest BCUT2D eigenvalue weighted by molar-refractivity contribution is 6.02. The molecule has 2 aromatic carbocycles. The number of aromatic amines is 1. The molecule has 166 valence electrons. The second-order valence-electron chi connectivity index (χ2n) is 9.06. The lowest BCUT2D eigenvalue weighted by Crippen LogP contribution is -2.12. The van der Waals surface area contributed by atoms with Gasteiger partial charge in [0.2, 0.25) is 5.88 Å². The van der Waals surface area contributed by atoms with E-state index < -0.39 is 0 Å². The van der Waals surface area contributed by atoms with E-state index in [2.05, 4.69) is 36.0 Å². The number of nitrogens with one attached hydrogen (secondary N) is 1. The Morgan fingerprint density at radius 1 is 0.909 bits per heavy atom. The molecule has 0 saturated heterocycles. The predicted octanol–water partition coefficient (Wildman–Crippen LogP) is 6.09. The van der Waals surface area contributed by atoms with Crippen molar-refractivity contribution in [3.05, 3.63) is 78.8 Å². The van der Waals surface area contributed by atoms with Crippen molar-refractivity contribution in [1.29, 1.82) is 0 Å². The van der Waals surface area contributed by atoms with Gasteiger partial charge in [0.25, 0.3) is 0 Å². The second-order valence-corrected chi connectivity index (χ2v) is 9.06. The third-order valence-corrected chi connectivity index (χ3v) is 5.87. The van der Waals surface area contributed by atoms with Gasteiger partial charge in [-0.3, -0.25) is 14.6 Å². The number of hydrogen-bond acceptors (Lipinski definition) is 4. The molecule has 0 radical (unpaired) electrons. The molecule has 0 aliphatic carbocycles. The van der Waals surface area contributed by atoms with Gasteiger partial charge < -0.3 is 9.84 Å². The number of para-hydroxylation sites is 1. The Bertz CT molecular complexity index is 1430. The third-order valence-electron chi connectivity index (χ3n) is 5.87. The molecule has 3 aromatic heterocycles. The van der Waals surface area contributed by atoms with Crippen LogP contribution in [0.3, 0.4) is 0 Å². The lowest BCUT2D eigenvalue weighted by atomic mass is 9.89. The summed E-state index contributed by atoms with van der Waals surface area (Å²) in [5.41, 5.74) is 6.01. The number of aromatic hydroxyl groups is 1. The fraction of sp³-hybridized carbons (Fsp3) is 0.185. The minimum absolute atomic E-state index is 0.116. The number of fused-ring (bicyclic) bond motifs is 1. The maximum atomic E-state index is 11.4. The van der Waals surface area contributed by atoms with Crippen LogP contribution < -0.4 is 4.74 Å². The molecule has 0 saturated carbocycles. The Morgan fingerprint density at radius 3 is 2.24 bits per heavy atom. The summed E-state index contributed by atoms with van der Waals surface area (Å²) >= 11 is 0. The van der Waals surface area contributed by atoms with Crippen molar-refractivity contribution >= 4 is 10.9 Å². The Labute approximate surface area is 192 Å². The molecule has 0 aliphatic heterocycles. The minimum atomic E-state index is -0.223. The van der Waals surface area contributed by atoms with Crippen molar-refractivity contribution in [2.45, 2.75) is 26.2 Å². The average molecular weight is 439 g/mol. The molecule has 2 N–H and O–H groups in total. The first-order valence-electron chi connectivity index (χ1n) is 10.9. The van der Waals surface area contributed by atoms with Gasteiger partial charge in [-0.1, -0.05) is 45.0 Å². The highest BCUT2D eigenvalue weighted by atomic mass is 16.5. The first-order chi connectivity index (χ1) is 15.9.